The molecule has 0 amide bonds. The van der Waals surface area contributed by atoms with Gasteiger partial charge in [0.05, 0.1) is 11.3 Å². The van der Waals surface area contributed by atoms with E-state index < -0.39 is 0 Å². The largest absolute Gasteiger partial charge is 0.370 e. The van der Waals surface area contributed by atoms with Gasteiger partial charge in [0.15, 0.2) is 0 Å². The molecule has 0 radical (unpaired) electrons. The average Bonchev–Trinajstić information content (AvgIpc) is 2.90. The van der Waals surface area contributed by atoms with Gasteiger partial charge in [-0.2, -0.15) is 5.26 Å². The van der Waals surface area contributed by atoms with E-state index in [1.54, 1.807) is 17.4 Å². The summed E-state index contributed by atoms with van der Waals surface area (Å²) in [5.41, 5.74) is 1.55. The van der Waals surface area contributed by atoms with Crippen LogP contribution in [0, 0.1) is 11.3 Å². The Kier molecular flexibility index (Phi) is 4.47. The zero-order valence-electron chi connectivity index (χ0n) is 10.9. The van der Waals surface area contributed by atoms with E-state index in [0.29, 0.717) is 16.6 Å². The maximum atomic E-state index is 9.20. The summed E-state index contributed by atoms with van der Waals surface area (Å²) in [7, 11) is 2.02. The number of thiophene rings is 1. The smallest absolute Gasteiger partial charge is 0.101 e. The van der Waals surface area contributed by atoms with Gasteiger partial charge >= 0.3 is 0 Å². The molecular formula is C15H15ClN2S. The lowest BCUT2D eigenvalue weighted by Crippen LogP contribution is -2.31. The summed E-state index contributed by atoms with van der Waals surface area (Å²) in [6, 6.07) is 12.2. The Morgan fingerprint density at radius 3 is 2.84 bits per heavy atom. The fraction of sp³-hybridized carbons (Fsp3) is 0.267. The molecule has 0 bridgehead atoms. The zero-order chi connectivity index (χ0) is 13.8. The van der Waals surface area contributed by atoms with Crippen LogP contribution in [0.1, 0.15) is 17.4 Å². The van der Waals surface area contributed by atoms with Crippen molar-refractivity contribution in [3.63, 3.8) is 0 Å². The second-order valence-electron chi connectivity index (χ2n) is 4.52. The van der Waals surface area contributed by atoms with Gasteiger partial charge in [0, 0.05) is 29.4 Å². The van der Waals surface area contributed by atoms with Crippen LogP contribution in [0.25, 0.3) is 0 Å². The van der Waals surface area contributed by atoms with Crippen LogP contribution >= 0.6 is 22.9 Å². The van der Waals surface area contributed by atoms with Crippen molar-refractivity contribution >= 4 is 28.6 Å². The van der Waals surface area contributed by atoms with Crippen molar-refractivity contribution in [2.45, 2.75) is 19.4 Å². The van der Waals surface area contributed by atoms with Crippen molar-refractivity contribution in [3.05, 3.63) is 51.2 Å². The quantitative estimate of drug-likeness (QED) is 0.837. The summed E-state index contributed by atoms with van der Waals surface area (Å²) in [5, 5.41) is 11.9. The zero-order valence-corrected chi connectivity index (χ0v) is 12.5. The number of rotatable bonds is 4. The molecule has 0 saturated heterocycles. The molecule has 1 atom stereocenters. The first-order valence-corrected chi connectivity index (χ1v) is 7.32. The van der Waals surface area contributed by atoms with Gasteiger partial charge in [-0.15, -0.1) is 11.3 Å². The minimum Gasteiger partial charge on any atom is -0.370 e. The summed E-state index contributed by atoms with van der Waals surface area (Å²) in [4.78, 5) is 3.49. The lowest BCUT2D eigenvalue weighted by Gasteiger charge is -2.27. The van der Waals surface area contributed by atoms with Crippen LogP contribution in [0.4, 0.5) is 5.69 Å². The molecule has 4 heteroatoms. The molecule has 0 aliphatic carbocycles. The van der Waals surface area contributed by atoms with Gasteiger partial charge < -0.3 is 4.90 Å². The van der Waals surface area contributed by atoms with Crippen LogP contribution in [0.3, 0.4) is 0 Å². The van der Waals surface area contributed by atoms with Gasteiger partial charge in [0.25, 0.3) is 0 Å². The van der Waals surface area contributed by atoms with Crippen molar-refractivity contribution in [1.29, 1.82) is 5.26 Å². The van der Waals surface area contributed by atoms with Crippen LogP contribution in [0.2, 0.25) is 5.02 Å². The van der Waals surface area contributed by atoms with Crippen molar-refractivity contribution in [2.24, 2.45) is 0 Å². The summed E-state index contributed by atoms with van der Waals surface area (Å²) in [6.45, 7) is 2.16. The molecule has 0 spiro atoms. The third-order valence-electron chi connectivity index (χ3n) is 3.20. The van der Waals surface area contributed by atoms with Crippen LogP contribution in [0.15, 0.2) is 35.7 Å². The number of hydrogen-bond donors (Lipinski definition) is 0. The highest BCUT2D eigenvalue weighted by atomic mass is 35.5. The number of likely N-dealkylation sites (N-methyl/N-ethyl adjacent to an activating group) is 1. The van der Waals surface area contributed by atoms with E-state index in [2.05, 4.69) is 35.4 Å². The van der Waals surface area contributed by atoms with Crippen molar-refractivity contribution in [3.8, 4) is 6.07 Å². The normalized spacial score (nSPS) is 11.9. The Labute approximate surface area is 122 Å². The average molecular weight is 291 g/mol. The third kappa shape index (κ3) is 3.28. The van der Waals surface area contributed by atoms with E-state index in [-0.39, 0.29) is 0 Å². The van der Waals surface area contributed by atoms with Gasteiger partial charge in [0.2, 0.25) is 0 Å². The highest BCUT2D eigenvalue weighted by Gasteiger charge is 2.14. The monoisotopic (exact) mass is 290 g/mol. The first-order chi connectivity index (χ1) is 9.11. The third-order valence-corrected chi connectivity index (χ3v) is 4.33. The topological polar surface area (TPSA) is 27.0 Å². The van der Waals surface area contributed by atoms with E-state index in [1.807, 2.05) is 19.2 Å². The van der Waals surface area contributed by atoms with E-state index >= 15 is 0 Å². The molecule has 1 heterocycles. The molecule has 0 fully saturated rings. The maximum Gasteiger partial charge on any atom is 0.101 e. The lowest BCUT2D eigenvalue weighted by molar-refractivity contribution is 0.688. The van der Waals surface area contributed by atoms with Gasteiger partial charge in [-0.3, -0.25) is 0 Å². The van der Waals surface area contributed by atoms with E-state index in [0.717, 1.165) is 12.1 Å². The first kappa shape index (κ1) is 13.9. The summed E-state index contributed by atoms with van der Waals surface area (Å²) in [5.74, 6) is 0. The van der Waals surface area contributed by atoms with Crippen LogP contribution in [0.5, 0.6) is 0 Å². The highest BCUT2D eigenvalue weighted by molar-refractivity contribution is 7.09. The molecule has 1 aromatic heterocycles. The molecule has 0 aliphatic rings. The number of benzene rings is 1. The molecule has 98 valence electrons. The highest BCUT2D eigenvalue weighted by Crippen LogP contribution is 2.25. The van der Waals surface area contributed by atoms with E-state index in [4.69, 9.17) is 11.6 Å². The van der Waals surface area contributed by atoms with Crippen molar-refractivity contribution < 1.29 is 0 Å². The first-order valence-electron chi connectivity index (χ1n) is 6.06. The molecule has 1 unspecified atom stereocenters. The number of hydrogen-bond acceptors (Lipinski definition) is 3. The second kappa shape index (κ2) is 6.10. The van der Waals surface area contributed by atoms with Gasteiger partial charge in [-0.25, -0.2) is 0 Å². The summed E-state index contributed by atoms with van der Waals surface area (Å²) < 4.78 is 0. The van der Waals surface area contributed by atoms with Gasteiger partial charge in [0.1, 0.15) is 6.07 Å². The number of anilines is 1. The number of halogens is 1. The lowest BCUT2D eigenvalue weighted by atomic mass is 10.1. The fourth-order valence-electron chi connectivity index (χ4n) is 2.00. The standard InChI is InChI=1S/C15H15ClN2S/c1-11(8-14-4-3-7-19-14)18(2)15-6-5-13(16)9-12(15)10-17/h3-7,9,11H,8H2,1-2H3. The Morgan fingerprint density at radius 2 is 2.21 bits per heavy atom. The van der Waals surface area contributed by atoms with Crippen LogP contribution in [-0.2, 0) is 6.42 Å². The molecule has 1 aromatic carbocycles. The van der Waals surface area contributed by atoms with E-state index in [1.165, 1.54) is 4.88 Å². The molecule has 0 aliphatic heterocycles. The van der Waals surface area contributed by atoms with Crippen molar-refractivity contribution in [1.82, 2.24) is 0 Å². The molecule has 2 rings (SSSR count). The Morgan fingerprint density at radius 1 is 1.42 bits per heavy atom. The predicted octanol–water partition coefficient (Wildman–Crippen LogP) is 4.34. The summed E-state index contributed by atoms with van der Waals surface area (Å²) in [6.07, 6.45) is 0.974. The molecule has 2 nitrogen and oxygen atoms in total. The minimum atomic E-state index is 0.326. The molecular weight excluding hydrogens is 276 g/mol. The Balaban J connectivity index is 2.19. The number of nitrogens with zero attached hydrogens (tertiary/aromatic N) is 2. The Hall–Kier alpha value is -1.50. The second-order valence-corrected chi connectivity index (χ2v) is 5.99. The molecule has 19 heavy (non-hydrogen) atoms. The molecule has 0 N–H and O–H groups in total. The van der Waals surface area contributed by atoms with Crippen LogP contribution in [-0.4, -0.2) is 13.1 Å². The fourth-order valence-corrected chi connectivity index (χ4v) is 3.00. The van der Waals surface area contributed by atoms with Crippen molar-refractivity contribution in [2.75, 3.05) is 11.9 Å². The van der Waals surface area contributed by atoms with Gasteiger partial charge in [-0.05, 0) is 36.6 Å². The van der Waals surface area contributed by atoms with E-state index in [9.17, 15) is 5.26 Å². The number of nitriles is 1. The molecule has 0 saturated carbocycles. The van der Waals surface area contributed by atoms with Crippen LogP contribution < -0.4 is 4.90 Å². The maximum absolute atomic E-state index is 9.20. The minimum absolute atomic E-state index is 0.326. The predicted molar refractivity (Wildman–Crippen MR) is 82.1 cm³/mol. The SMILES string of the molecule is CC(Cc1cccs1)N(C)c1ccc(Cl)cc1C#N. The Bertz CT molecular complexity index is 587. The molecule has 2 aromatic rings. The van der Waals surface area contributed by atoms with Gasteiger partial charge in [-0.1, -0.05) is 17.7 Å². The summed E-state index contributed by atoms with van der Waals surface area (Å²) >= 11 is 7.69.